The second kappa shape index (κ2) is 6.02. The van der Waals surface area contributed by atoms with Crippen LogP contribution in [0.5, 0.6) is 0 Å². The minimum absolute atomic E-state index is 0.0449. The number of hydrogen-bond acceptors (Lipinski definition) is 4. The van der Waals surface area contributed by atoms with Gasteiger partial charge in [0, 0.05) is 19.5 Å². The predicted octanol–water partition coefficient (Wildman–Crippen LogP) is 0.171. The Morgan fingerprint density at radius 1 is 1.45 bits per heavy atom. The first-order valence-corrected chi connectivity index (χ1v) is 6.97. The fraction of sp³-hybridized carbons (Fsp3) is 0.692. The molecule has 2 amide bonds. The molecule has 7 heteroatoms. The van der Waals surface area contributed by atoms with Crippen molar-refractivity contribution in [1.29, 1.82) is 0 Å². The predicted molar refractivity (Wildman–Crippen MR) is 72.5 cm³/mol. The fourth-order valence-corrected chi connectivity index (χ4v) is 2.30. The zero-order chi connectivity index (χ0) is 14.7. The van der Waals surface area contributed by atoms with Crippen LogP contribution < -0.4 is 5.32 Å². The van der Waals surface area contributed by atoms with Gasteiger partial charge in [0.25, 0.3) is 0 Å². The second-order valence-corrected chi connectivity index (χ2v) is 5.29. The molecule has 1 aromatic heterocycles. The topological polar surface area (TPSA) is 80.1 Å². The summed E-state index contributed by atoms with van der Waals surface area (Å²) in [5.74, 6) is 0.696. The van der Waals surface area contributed by atoms with Crippen molar-refractivity contribution in [1.82, 2.24) is 25.0 Å². The highest BCUT2D eigenvalue weighted by atomic mass is 16.2. The van der Waals surface area contributed by atoms with Crippen LogP contribution in [0.25, 0.3) is 0 Å². The Kier molecular flexibility index (Phi) is 4.36. The number of aromatic nitrogens is 3. The maximum absolute atomic E-state index is 12.5. The fourth-order valence-electron chi connectivity index (χ4n) is 2.30. The number of amides is 2. The average molecular weight is 279 g/mol. The van der Waals surface area contributed by atoms with Crippen molar-refractivity contribution in [2.45, 2.75) is 46.3 Å². The van der Waals surface area contributed by atoms with E-state index in [2.05, 4.69) is 15.4 Å². The van der Waals surface area contributed by atoms with E-state index in [4.69, 9.17) is 0 Å². The zero-order valence-electron chi connectivity index (χ0n) is 12.2. The van der Waals surface area contributed by atoms with E-state index in [-0.39, 0.29) is 17.7 Å². The van der Waals surface area contributed by atoms with E-state index >= 15 is 0 Å². The number of hydrogen-bond donors (Lipinski definition) is 1. The van der Waals surface area contributed by atoms with Gasteiger partial charge in [0.2, 0.25) is 11.8 Å². The summed E-state index contributed by atoms with van der Waals surface area (Å²) in [5, 5.41) is 6.90. The van der Waals surface area contributed by atoms with Crippen LogP contribution in [0.4, 0.5) is 0 Å². The molecule has 1 atom stereocenters. The number of carbonyl (C=O) groups excluding carboxylic acids is 2. The molecule has 0 saturated carbocycles. The lowest BCUT2D eigenvalue weighted by Gasteiger charge is -2.25. The Bertz CT molecular complexity index is 497. The molecule has 7 nitrogen and oxygen atoms in total. The molecule has 1 aliphatic heterocycles. The lowest BCUT2D eigenvalue weighted by Crippen LogP contribution is -2.47. The zero-order valence-corrected chi connectivity index (χ0v) is 12.2. The highest BCUT2D eigenvalue weighted by molar-refractivity contribution is 5.90. The standard InChI is InChI=1S/C13H21N5O2/c1-4-18-10(14-8-15-18)7-17-6-5-11(19)16-12(9(2)3)13(17)20/h8-9,12H,4-7H2,1-3H3,(H,16,19). The number of aryl methyl sites for hydroxylation is 1. The molecule has 0 aliphatic carbocycles. The van der Waals surface area contributed by atoms with E-state index in [9.17, 15) is 9.59 Å². The van der Waals surface area contributed by atoms with Gasteiger partial charge in [-0.1, -0.05) is 13.8 Å². The highest BCUT2D eigenvalue weighted by Crippen LogP contribution is 2.13. The third-order valence-electron chi connectivity index (χ3n) is 3.50. The van der Waals surface area contributed by atoms with Crippen molar-refractivity contribution in [3.8, 4) is 0 Å². The van der Waals surface area contributed by atoms with E-state index in [1.54, 1.807) is 9.58 Å². The average Bonchev–Trinajstić information content (AvgIpc) is 2.81. The van der Waals surface area contributed by atoms with Crippen LogP contribution in [0.15, 0.2) is 6.33 Å². The van der Waals surface area contributed by atoms with Gasteiger partial charge in [0.15, 0.2) is 0 Å². The SMILES string of the molecule is CCn1ncnc1CN1CCC(=O)NC(C(C)C)C1=O. The molecule has 2 rings (SSSR count). The van der Waals surface area contributed by atoms with Crippen LogP contribution in [0.3, 0.4) is 0 Å². The van der Waals surface area contributed by atoms with Gasteiger partial charge in [0.1, 0.15) is 18.2 Å². The maximum Gasteiger partial charge on any atom is 0.245 e. The molecule has 1 aliphatic rings. The van der Waals surface area contributed by atoms with Crippen LogP contribution in [-0.4, -0.2) is 44.1 Å². The minimum atomic E-state index is -0.456. The van der Waals surface area contributed by atoms with Gasteiger partial charge in [-0.2, -0.15) is 5.10 Å². The van der Waals surface area contributed by atoms with Crippen molar-refractivity contribution in [3.05, 3.63) is 12.2 Å². The van der Waals surface area contributed by atoms with Gasteiger partial charge in [0.05, 0.1) is 6.54 Å². The molecule has 1 saturated heterocycles. The summed E-state index contributed by atoms with van der Waals surface area (Å²) in [6.45, 7) is 7.36. The Balaban J connectivity index is 2.17. The summed E-state index contributed by atoms with van der Waals surface area (Å²) in [6.07, 6.45) is 1.82. The van der Waals surface area contributed by atoms with Crippen LogP contribution >= 0.6 is 0 Å². The molecule has 0 spiro atoms. The first-order chi connectivity index (χ1) is 9.52. The summed E-state index contributed by atoms with van der Waals surface area (Å²) in [4.78, 5) is 30.1. The Hall–Kier alpha value is -1.92. The van der Waals surface area contributed by atoms with E-state index in [0.717, 1.165) is 5.82 Å². The number of carbonyl (C=O) groups is 2. The van der Waals surface area contributed by atoms with Gasteiger partial charge < -0.3 is 10.2 Å². The smallest absolute Gasteiger partial charge is 0.245 e. The number of nitrogens with one attached hydrogen (secondary N) is 1. The third kappa shape index (κ3) is 2.97. The van der Waals surface area contributed by atoms with Crippen LogP contribution in [-0.2, 0) is 22.7 Å². The first kappa shape index (κ1) is 14.5. The van der Waals surface area contributed by atoms with Gasteiger partial charge in [-0.15, -0.1) is 0 Å². The van der Waals surface area contributed by atoms with Crippen molar-refractivity contribution in [2.24, 2.45) is 5.92 Å². The lowest BCUT2D eigenvalue weighted by molar-refractivity contribution is -0.135. The normalized spacial score (nSPS) is 20.2. The van der Waals surface area contributed by atoms with Crippen molar-refractivity contribution in [3.63, 3.8) is 0 Å². The van der Waals surface area contributed by atoms with E-state index < -0.39 is 6.04 Å². The first-order valence-electron chi connectivity index (χ1n) is 6.97. The van der Waals surface area contributed by atoms with Gasteiger partial charge in [-0.05, 0) is 12.8 Å². The lowest BCUT2D eigenvalue weighted by atomic mass is 10.0. The molecule has 110 valence electrons. The van der Waals surface area contributed by atoms with Gasteiger partial charge in [-0.3, -0.25) is 9.59 Å². The third-order valence-corrected chi connectivity index (χ3v) is 3.50. The molecule has 0 radical (unpaired) electrons. The maximum atomic E-state index is 12.5. The van der Waals surface area contributed by atoms with Gasteiger partial charge in [-0.25, -0.2) is 9.67 Å². The molecule has 1 aromatic rings. The van der Waals surface area contributed by atoms with E-state index in [1.165, 1.54) is 6.33 Å². The monoisotopic (exact) mass is 279 g/mol. The summed E-state index contributed by atoms with van der Waals surface area (Å²) in [7, 11) is 0. The molecule has 2 heterocycles. The molecule has 0 aromatic carbocycles. The van der Waals surface area contributed by atoms with Crippen LogP contribution in [0.1, 0.15) is 33.0 Å². The number of rotatable bonds is 4. The molecule has 20 heavy (non-hydrogen) atoms. The van der Waals surface area contributed by atoms with Crippen LogP contribution in [0.2, 0.25) is 0 Å². The quantitative estimate of drug-likeness (QED) is 0.852. The van der Waals surface area contributed by atoms with Crippen molar-refractivity contribution in [2.75, 3.05) is 6.54 Å². The van der Waals surface area contributed by atoms with Crippen molar-refractivity contribution >= 4 is 11.8 Å². The molecular weight excluding hydrogens is 258 g/mol. The Morgan fingerprint density at radius 3 is 2.85 bits per heavy atom. The van der Waals surface area contributed by atoms with Crippen molar-refractivity contribution < 1.29 is 9.59 Å². The molecule has 0 bridgehead atoms. The minimum Gasteiger partial charge on any atom is -0.344 e. The van der Waals surface area contributed by atoms with E-state index in [0.29, 0.717) is 26.1 Å². The summed E-state index contributed by atoms with van der Waals surface area (Å²) < 4.78 is 1.76. The Morgan fingerprint density at radius 2 is 2.20 bits per heavy atom. The molecule has 1 N–H and O–H groups in total. The summed E-state index contributed by atoms with van der Waals surface area (Å²) in [5.41, 5.74) is 0. The summed E-state index contributed by atoms with van der Waals surface area (Å²) in [6, 6.07) is -0.456. The number of nitrogens with zero attached hydrogens (tertiary/aromatic N) is 4. The van der Waals surface area contributed by atoms with Gasteiger partial charge >= 0.3 is 0 Å². The largest absolute Gasteiger partial charge is 0.344 e. The highest BCUT2D eigenvalue weighted by Gasteiger charge is 2.32. The Labute approximate surface area is 118 Å². The summed E-state index contributed by atoms with van der Waals surface area (Å²) >= 11 is 0. The van der Waals surface area contributed by atoms with Crippen LogP contribution in [0, 0.1) is 5.92 Å². The molecule has 1 fully saturated rings. The van der Waals surface area contributed by atoms with E-state index in [1.807, 2.05) is 20.8 Å². The molecule has 1 unspecified atom stereocenters. The molecular formula is C13H21N5O2. The second-order valence-electron chi connectivity index (χ2n) is 5.29.